The Morgan fingerprint density at radius 3 is 2.47 bits per heavy atom. The second kappa shape index (κ2) is 4.25. The monoisotopic (exact) mass is 271 g/mol. The number of ether oxygens (including phenoxy) is 1. The number of hydrogen-bond donors (Lipinski definition) is 0. The molecule has 0 bridgehead atoms. The largest absolute Gasteiger partial charge is 0.486 e. The van der Waals surface area contributed by atoms with Gasteiger partial charge in [0, 0.05) is 12.5 Å². The van der Waals surface area contributed by atoms with Crippen LogP contribution in [0.2, 0.25) is 0 Å². The number of hydrogen-bond acceptors (Lipinski definition) is 4. The molecule has 19 heavy (non-hydrogen) atoms. The molecule has 0 amide bonds. The average Bonchev–Trinajstić information content (AvgIpc) is 2.32. The summed E-state index contributed by atoms with van der Waals surface area (Å²) < 4.78 is 32.2. The third kappa shape index (κ3) is 2.16. The number of nitrogens with zero attached hydrogens (tertiary/aromatic N) is 1. The first-order valence-electron chi connectivity index (χ1n) is 5.57. The fourth-order valence-corrected chi connectivity index (χ4v) is 1.83. The molecule has 2 rings (SSSR count). The standard InChI is InChI=1S/C12H11F2NO4/c1-12(2)10(16)5-11(12)19-9-4-6(13)8(15(17)18)3-7(9)14/h3-4,11H,5H2,1-2H3. The normalized spacial score (nSPS) is 20.8. The molecule has 1 fully saturated rings. The molecule has 0 aliphatic heterocycles. The van der Waals surface area contributed by atoms with Gasteiger partial charge in [-0.1, -0.05) is 0 Å². The van der Waals surface area contributed by atoms with E-state index >= 15 is 0 Å². The minimum absolute atomic E-state index is 0.0275. The SMILES string of the molecule is CC1(C)C(=O)CC1Oc1cc(F)c([N+](=O)[O-])cc1F. The molecule has 1 saturated carbocycles. The van der Waals surface area contributed by atoms with Gasteiger partial charge < -0.3 is 4.74 Å². The quantitative estimate of drug-likeness (QED) is 0.626. The van der Waals surface area contributed by atoms with Crippen molar-refractivity contribution >= 4 is 11.5 Å². The predicted molar refractivity (Wildman–Crippen MR) is 60.8 cm³/mol. The summed E-state index contributed by atoms with van der Waals surface area (Å²) in [5, 5.41) is 10.4. The molecule has 1 atom stereocenters. The minimum Gasteiger partial charge on any atom is -0.486 e. The Morgan fingerprint density at radius 1 is 1.37 bits per heavy atom. The van der Waals surface area contributed by atoms with Crippen molar-refractivity contribution in [2.45, 2.75) is 26.4 Å². The van der Waals surface area contributed by atoms with E-state index in [0.717, 1.165) is 0 Å². The summed E-state index contributed by atoms with van der Waals surface area (Å²) in [7, 11) is 0. The van der Waals surface area contributed by atoms with E-state index in [4.69, 9.17) is 4.74 Å². The van der Waals surface area contributed by atoms with Crippen LogP contribution >= 0.6 is 0 Å². The van der Waals surface area contributed by atoms with Gasteiger partial charge in [-0.3, -0.25) is 14.9 Å². The molecule has 1 aliphatic carbocycles. The van der Waals surface area contributed by atoms with Crippen molar-refractivity contribution in [3.05, 3.63) is 33.9 Å². The number of carbonyl (C=O) groups excluding carboxylic acids is 1. The maximum absolute atomic E-state index is 13.6. The van der Waals surface area contributed by atoms with Crippen molar-refractivity contribution in [3.8, 4) is 5.75 Å². The molecule has 5 nitrogen and oxygen atoms in total. The molecule has 0 aromatic heterocycles. The summed E-state index contributed by atoms with van der Waals surface area (Å²) in [5.41, 5.74) is -1.71. The van der Waals surface area contributed by atoms with E-state index in [2.05, 4.69) is 0 Å². The highest BCUT2D eigenvalue weighted by molar-refractivity contribution is 5.91. The summed E-state index contributed by atoms with van der Waals surface area (Å²) in [4.78, 5) is 20.7. The van der Waals surface area contributed by atoms with Gasteiger partial charge in [0.25, 0.3) is 0 Å². The van der Waals surface area contributed by atoms with Crippen LogP contribution < -0.4 is 4.74 Å². The number of benzene rings is 1. The summed E-state index contributed by atoms with van der Waals surface area (Å²) in [6.07, 6.45) is -0.444. The second-order valence-electron chi connectivity index (χ2n) is 4.95. The molecule has 1 aromatic rings. The number of rotatable bonds is 3. The lowest BCUT2D eigenvalue weighted by Crippen LogP contribution is -2.53. The van der Waals surface area contributed by atoms with Gasteiger partial charge in [0.1, 0.15) is 11.9 Å². The number of carbonyl (C=O) groups is 1. The minimum atomic E-state index is -1.18. The Bertz CT molecular complexity index is 571. The molecule has 7 heteroatoms. The van der Waals surface area contributed by atoms with Crippen LogP contribution in [0.5, 0.6) is 5.75 Å². The fourth-order valence-electron chi connectivity index (χ4n) is 1.83. The third-order valence-corrected chi connectivity index (χ3v) is 3.36. The third-order valence-electron chi connectivity index (χ3n) is 3.36. The smallest absolute Gasteiger partial charge is 0.307 e. The molecular formula is C12H11F2NO4. The van der Waals surface area contributed by atoms with Crippen molar-refractivity contribution in [1.82, 2.24) is 0 Å². The fraction of sp³-hybridized carbons (Fsp3) is 0.417. The van der Waals surface area contributed by atoms with Crippen LogP contribution in [0, 0.1) is 27.2 Å². The van der Waals surface area contributed by atoms with Gasteiger partial charge in [-0.15, -0.1) is 0 Å². The van der Waals surface area contributed by atoms with Gasteiger partial charge in [-0.05, 0) is 13.8 Å². The Hall–Kier alpha value is -2.05. The highest BCUT2D eigenvalue weighted by Crippen LogP contribution is 2.40. The highest BCUT2D eigenvalue weighted by atomic mass is 19.1. The molecule has 1 aliphatic rings. The van der Waals surface area contributed by atoms with Gasteiger partial charge in [-0.2, -0.15) is 4.39 Å². The predicted octanol–water partition coefficient (Wildman–Crippen LogP) is 2.62. The van der Waals surface area contributed by atoms with E-state index in [1.54, 1.807) is 13.8 Å². The number of ketones is 1. The van der Waals surface area contributed by atoms with E-state index in [1.807, 2.05) is 0 Å². The van der Waals surface area contributed by atoms with Crippen molar-refractivity contribution in [2.75, 3.05) is 0 Å². The van der Waals surface area contributed by atoms with E-state index in [0.29, 0.717) is 12.1 Å². The second-order valence-corrected chi connectivity index (χ2v) is 4.95. The van der Waals surface area contributed by atoms with Gasteiger partial charge >= 0.3 is 5.69 Å². The zero-order chi connectivity index (χ0) is 14.4. The van der Waals surface area contributed by atoms with Crippen molar-refractivity contribution in [1.29, 1.82) is 0 Å². The van der Waals surface area contributed by atoms with Crippen LogP contribution in [-0.4, -0.2) is 16.8 Å². The lowest BCUT2D eigenvalue weighted by Gasteiger charge is -2.41. The van der Waals surface area contributed by atoms with Gasteiger partial charge in [-0.25, -0.2) is 4.39 Å². The van der Waals surface area contributed by atoms with Gasteiger partial charge in [0.05, 0.1) is 16.4 Å². The van der Waals surface area contributed by atoms with Crippen molar-refractivity contribution in [3.63, 3.8) is 0 Å². The van der Waals surface area contributed by atoms with Crippen LogP contribution in [0.4, 0.5) is 14.5 Å². The summed E-state index contributed by atoms with van der Waals surface area (Å²) >= 11 is 0. The lowest BCUT2D eigenvalue weighted by atomic mass is 9.68. The van der Waals surface area contributed by atoms with Gasteiger partial charge in [0.15, 0.2) is 11.6 Å². The summed E-state index contributed by atoms with van der Waals surface area (Å²) in [5.74, 6) is -2.65. The molecule has 0 spiro atoms. The first kappa shape index (κ1) is 13.4. The first-order valence-corrected chi connectivity index (χ1v) is 5.57. The van der Waals surface area contributed by atoms with E-state index in [-0.39, 0.29) is 12.2 Å². The number of halogens is 2. The van der Waals surface area contributed by atoms with E-state index in [9.17, 15) is 23.7 Å². The molecule has 102 valence electrons. The molecule has 1 unspecified atom stereocenters. The molecular weight excluding hydrogens is 260 g/mol. The van der Waals surface area contributed by atoms with Crippen LogP contribution in [0.1, 0.15) is 20.3 Å². The zero-order valence-electron chi connectivity index (χ0n) is 10.3. The van der Waals surface area contributed by atoms with Gasteiger partial charge in [0.2, 0.25) is 5.82 Å². The maximum Gasteiger partial charge on any atom is 0.307 e. The molecule has 0 heterocycles. The molecule has 0 saturated heterocycles. The lowest BCUT2D eigenvalue weighted by molar-refractivity contribution is -0.387. The Morgan fingerprint density at radius 2 is 2.00 bits per heavy atom. The summed E-state index contributed by atoms with van der Waals surface area (Å²) in [6, 6.07) is 1.10. The van der Waals surface area contributed by atoms with Crippen LogP contribution in [0.15, 0.2) is 12.1 Å². The van der Waals surface area contributed by atoms with Crippen LogP contribution in [0.25, 0.3) is 0 Å². The van der Waals surface area contributed by atoms with Crippen LogP contribution in [-0.2, 0) is 4.79 Å². The maximum atomic E-state index is 13.6. The topological polar surface area (TPSA) is 69.4 Å². The molecule has 1 aromatic carbocycles. The first-order chi connectivity index (χ1) is 8.73. The van der Waals surface area contributed by atoms with Crippen LogP contribution in [0.3, 0.4) is 0 Å². The summed E-state index contributed by atoms with van der Waals surface area (Å²) in [6.45, 7) is 3.28. The van der Waals surface area contributed by atoms with Crippen molar-refractivity contribution in [2.24, 2.45) is 5.41 Å². The Labute approximate surface area is 107 Å². The number of nitro benzene ring substituents is 1. The molecule has 0 N–H and O–H groups in total. The number of Topliss-reactive ketones (excluding diaryl/α,β-unsaturated/α-hetero) is 1. The highest BCUT2D eigenvalue weighted by Gasteiger charge is 2.49. The zero-order valence-corrected chi connectivity index (χ0v) is 10.3. The van der Waals surface area contributed by atoms with E-state index in [1.165, 1.54) is 0 Å². The molecule has 0 radical (unpaired) electrons. The Balaban J connectivity index is 2.25. The number of nitro groups is 1. The Kier molecular flexibility index (Phi) is 3.00. The van der Waals surface area contributed by atoms with E-state index < -0.39 is 39.5 Å². The van der Waals surface area contributed by atoms with Crippen molar-refractivity contribution < 1.29 is 23.2 Å². The average molecular weight is 271 g/mol.